The van der Waals surface area contributed by atoms with E-state index in [4.69, 9.17) is 16.7 Å². The average molecular weight is 346 g/mol. The molecule has 2 N–H and O–H groups in total. The predicted molar refractivity (Wildman–Crippen MR) is 83.0 cm³/mol. The van der Waals surface area contributed by atoms with Gasteiger partial charge in [-0.2, -0.15) is 0 Å². The van der Waals surface area contributed by atoms with Gasteiger partial charge >= 0.3 is 5.97 Å². The molecule has 0 radical (unpaired) electrons. The molecule has 1 aromatic heterocycles. The van der Waals surface area contributed by atoms with E-state index in [-0.39, 0.29) is 21.2 Å². The first-order chi connectivity index (χ1) is 9.72. The van der Waals surface area contributed by atoms with Crippen LogP contribution in [-0.4, -0.2) is 19.5 Å². The lowest BCUT2D eigenvalue weighted by Crippen LogP contribution is -2.16. The molecule has 5 nitrogen and oxygen atoms in total. The van der Waals surface area contributed by atoms with Gasteiger partial charge in [-0.25, -0.2) is 13.2 Å². The van der Waals surface area contributed by atoms with Crippen LogP contribution in [0.2, 0.25) is 5.02 Å². The number of carboxylic acid groups (broad SMARTS) is 1. The van der Waals surface area contributed by atoms with E-state index in [0.29, 0.717) is 4.88 Å². The third kappa shape index (κ3) is 3.20. The minimum atomic E-state index is -3.89. The SMILES string of the molecule is Cc1cc(S(=O)(=O)Nc2c(Cl)cccc2C(=O)O)c(C)s1. The molecule has 0 atom stereocenters. The molecular formula is C13H12ClNO4S2. The molecule has 0 aliphatic rings. The summed E-state index contributed by atoms with van der Waals surface area (Å²) in [7, 11) is -3.89. The summed E-state index contributed by atoms with van der Waals surface area (Å²) in [4.78, 5) is 12.8. The molecule has 1 heterocycles. The zero-order valence-corrected chi connectivity index (χ0v) is 13.6. The van der Waals surface area contributed by atoms with E-state index in [1.807, 2.05) is 0 Å². The van der Waals surface area contributed by atoms with Gasteiger partial charge in [0.2, 0.25) is 0 Å². The molecule has 0 aliphatic heterocycles. The Hall–Kier alpha value is -1.57. The molecule has 0 unspecified atom stereocenters. The summed E-state index contributed by atoms with van der Waals surface area (Å²) in [6, 6.07) is 5.71. The van der Waals surface area contributed by atoms with Gasteiger partial charge in [0.15, 0.2) is 0 Å². The number of aromatic carboxylic acids is 1. The summed E-state index contributed by atoms with van der Waals surface area (Å²) in [5.74, 6) is -1.26. The minimum absolute atomic E-state index is 0.0306. The Labute approximate surface area is 131 Å². The van der Waals surface area contributed by atoms with E-state index in [2.05, 4.69) is 4.72 Å². The van der Waals surface area contributed by atoms with E-state index in [1.165, 1.54) is 29.5 Å². The second-order valence-corrected chi connectivity index (χ2v) is 7.87. The fourth-order valence-corrected chi connectivity index (χ4v) is 4.80. The molecule has 0 fully saturated rings. The monoisotopic (exact) mass is 345 g/mol. The molecule has 21 heavy (non-hydrogen) atoms. The molecule has 2 rings (SSSR count). The Kier molecular flexibility index (Phi) is 4.27. The highest BCUT2D eigenvalue weighted by Gasteiger charge is 2.23. The lowest BCUT2D eigenvalue weighted by Gasteiger charge is -2.11. The molecule has 2 aromatic rings. The van der Waals surface area contributed by atoms with Crippen LogP contribution in [0.15, 0.2) is 29.2 Å². The number of anilines is 1. The average Bonchev–Trinajstić information content (AvgIpc) is 2.71. The lowest BCUT2D eigenvalue weighted by molar-refractivity contribution is 0.0698. The van der Waals surface area contributed by atoms with Crippen molar-refractivity contribution in [2.45, 2.75) is 18.7 Å². The standard InChI is InChI=1S/C13H12ClNO4S2/c1-7-6-11(8(2)20-7)21(18,19)15-12-9(13(16)17)4-3-5-10(12)14/h3-6,15H,1-2H3,(H,16,17). The van der Waals surface area contributed by atoms with Crippen molar-refractivity contribution in [1.82, 2.24) is 0 Å². The van der Waals surface area contributed by atoms with Crippen LogP contribution in [0, 0.1) is 13.8 Å². The van der Waals surface area contributed by atoms with Crippen LogP contribution in [0.3, 0.4) is 0 Å². The second-order valence-electron chi connectivity index (χ2n) is 4.35. The highest BCUT2D eigenvalue weighted by Crippen LogP contribution is 2.31. The molecule has 0 bridgehead atoms. The summed E-state index contributed by atoms with van der Waals surface area (Å²) in [6.07, 6.45) is 0. The van der Waals surface area contributed by atoms with Crippen molar-refractivity contribution >= 4 is 44.6 Å². The van der Waals surface area contributed by atoms with Crippen LogP contribution in [0.1, 0.15) is 20.1 Å². The molecular weight excluding hydrogens is 334 g/mol. The number of hydrogen-bond donors (Lipinski definition) is 2. The van der Waals surface area contributed by atoms with Gasteiger partial charge in [-0.3, -0.25) is 4.72 Å². The highest BCUT2D eigenvalue weighted by molar-refractivity contribution is 7.93. The number of halogens is 1. The number of sulfonamides is 1. The first kappa shape index (κ1) is 15.8. The molecule has 0 amide bonds. The number of rotatable bonds is 4. The van der Waals surface area contributed by atoms with Gasteiger partial charge in [0.05, 0.1) is 16.3 Å². The first-order valence-corrected chi connectivity index (χ1v) is 8.52. The van der Waals surface area contributed by atoms with Crippen molar-refractivity contribution < 1.29 is 18.3 Å². The quantitative estimate of drug-likeness (QED) is 0.888. The number of benzene rings is 1. The van der Waals surface area contributed by atoms with Crippen LogP contribution in [0.4, 0.5) is 5.69 Å². The summed E-state index contributed by atoms with van der Waals surface area (Å²) in [5, 5.41) is 9.16. The van der Waals surface area contributed by atoms with Gasteiger partial charge < -0.3 is 5.11 Å². The van der Waals surface area contributed by atoms with Gasteiger partial charge in [0.25, 0.3) is 10.0 Å². The Balaban J connectivity index is 2.52. The number of carboxylic acids is 1. The Morgan fingerprint density at radius 1 is 1.33 bits per heavy atom. The van der Waals surface area contributed by atoms with Crippen LogP contribution in [0.25, 0.3) is 0 Å². The second kappa shape index (κ2) is 5.67. The maximum absolute atomic E-state index is 12.4. The highest BCUT2D eigenvalue weighted by atomic mass is 35.5. The normalized spacial score (nSPS) is 11.4. The van der Waals surface area contributed by atoms with Gasteiger partial charge in [0.1, 0.15) is 4.90 Å². The zero-order chi connectivity index (χ0) is 15.8. The maximum atomic E-state index is 12.4. The van der Waals surface area contributed by atoms with E-state index >= 15 is 0 Å². The van der Waals surface area contributed by atoms with Crippen LogP contribution >= 0.6 is 22.9 Å². The summed E-state index contributed by atoms with van der Waals surface area (Å²) >= 11 is 7.28. The van der Waals surface area contributed by atoms with Gasteiger partial charge in [-0.15, -0.1) is 11.3 Å². The van der Waals surface area contributed by atoms with E-state index < -0.39 is 16.0 Å². The van der Waals surface area contributed by atoms with Crippen molar-refractivity contribution in [3.8, 4) is 0 Å². The van der Waals surface area contributed by atoms with Crippen molar-refractivity contribution in [2.75, 3.05) is 4.72 Å². The van der Waals surface area contributed by atoms with Gasteiger partial charge in [-0.1, -0.05) is 17.7 Å². The number of carbonyl (C=O) groups is 1. The maximum Gasteiger partial charge on any atom is 0.337 e. The fourth-order valence-electron chi connectivity index (χ4n) is 1.87. The fraction of sp³-hybridized carbons (Fsp3) is 0.154. The molecule has 0 spiro atoms. The van der Waals surface area contributed by atoms with Crippen molar-refractivity contribution in [3.05, 3.63) is 44.6 Å². The number of hydrogen-bond acceptors (Lipinski definition) is 4. The van der Waals surface area contributed by atoms with E-state index in [1.54, 1.807) is 19.9 Å². The molecule has 1 aromatic carbocycles. The summed E-state index contributed by atoms with van der Waals surface area (Å²) in [6.45, 7) is 3.49. The largest absolute Gasteiger partial charge is 0.478 e. The van der Waals surface area contributed by atoms with Crippen LogP contribution in [-0.2, 0) is 10.0 Å². The first-order valence-electron chi connectivity index (χ1n) is 5.84. The third-order valence-electron chi connectivity index (χ3n) is 2.77. The Morgan fingerprint density at radius 2 is 2.00 bits per heavy atom. The van der Waals surface area contributed by atoms with Gasteiger partial charge in [-0.05, 0) is 32.0 Å². The third-order valence-corrected chi connectivity index (χ3v) is 5.65. The predicted octanol–water partition coefficient (Wildman–Crippen LogP) is 3.52. The molecule has 0 saturated heterocycles. The number of thiophene rings is 1. The van der Waals surface area contributed by atoms with E-state index in [0.717, 1.165) is 4.88 Å². The van der Waals surface area contributed by atoms with Crippen molar-refractivity contribution in [1.29, 1.82) is 0 Å². The number of nitrogens with one attached hydrogen (secondary N) is 1. The van der Waals surface area contributed by atoms with Crippen molar-refractivity contribution in [3.63, 3.8) is 0 Å². The Morgan fingerprint density at radius 3 is 2.52 bits per heavy atom. The zero-order valence-electron chi connectivity index (χ0n) is 11.2. The Bertz CT molecular complexity index is 812. The molecule has 112 valence electrons. The van der Waals surface area contributed by atoms with Crippen LogP contribution < -0.4 is 4.72 Å². The van der Waals surface area contributed by atoms with Crippen molar-refractivity contribution in [2.24, 2.45) is 0 Å². The smallest absolute Gasteiger partial charge is 0.337 e. The molecule has 8 heteroatoms. The number of aryl methyl sites for hydroxylation is 2. The number of para-hydroxylation sites is 1. The molecule has 0 aliphatic carbocycles. The summed E-state index contributed by atoms with van der Waals surface area (Å²) < 4.78 is 27.1. The van der Waals surface area contributed by atoms with Gasteiger partial charge in [0, 0.05) is 9.75 Å². The lowest BCUT2D eigenvalue weighted by atomic mass is 10.2. The topological polar surface area (TPSA) is 83.5 Å². The minimum Gasteiger partial charge on any atom is -0.478 e. The molecule has 0 saturated carbocycles. The van der Waals surface area contributed by atoms with E-state index in [9.17, 15) is 13.2 Å². The van der Waals surface area contributed by atoms with Crippen LogP contribution in [0.5, 0.6) is 0 Å². The summed E-state index contributed by atoms with van der Waals surface area (Å²) in [5.41, 5.74) is -0.328.